The predicted molar refractivity (Wildman–Crippen MR) is 158 cm³/mol. The van der Waals surface area contributed by atoms with Crippen molar-refractivity contribution < 1.29 is 75.9 Å². The van der Waals surface area contributed by atoms with Crippen LogP contribution in [0, 0.1) is 87.3 Å². The van der Waals surface area contributed by atoms with E-state index in [1.54, 1.807) is 4.90 Å². The molecule has 0 aliphatic rings. The number of quaternary nitrogens is 1. The molecular formula is C33H27BF15NO. The highest BCUT2D eigenvalue weighted by atomic mass is 19.2. The van der Waals surface area contributed by atoms with Crippen LogP contribution >= 0.6 is 0 Å². The number of hydrogen-bond donors (Lipinski definition) is 2. The van der Waals surface area contributed by atoms with Crippen molar-refractivity contribution in [2.45, 2.75) is 40.0 Å². The second-order valence-corrected chi connectivity index (χ2v) is 11.4. The minimum atomic E-state index is -5.84. The Morgan fingerprint density at radius 1 is 0.392 bits per heavy atom. The zero-order chi connectivity index (χ0) is 38.7. The van der Waals surface area contributed by atoms with Crippen LogP contribution in [-0.4, -0.2) is 30.9 Å². The lowest BCUT2D eigenvalue weighted by atomic mass is 9.12. The molecule has 0 saturated carbocycles. The fourth-order valence-corrected chi connectivity index (χ4v) is 6.14. The molecule has 0 spiro atoms. The largest absolute Gasteiger partial charge is 0.508 e. The SMILES string of the molecule is CCC[NH+](CCC)CCC.Oc1ccc([B-](c2c(F)c(F)c(F)c(F)c2F)(c2c(F)c(F)c(F)c(F)c2F)c2c(F)c(F)c(F)c(F)c2F)cc1. The Kier molecular flexibility index (Phi) is 13.2. The average molecular weight is 749 g/mol. The lowest BCUT2D eigenvalue weighted by Gasteiger charge is -2.44. The van der Waals surface area contributed by atoms with Gasteiger partial charge in [-0.15, -0.1) is 16.4 Å². The van der Waals surface area contributed by atoms with Crippen LogP contribution < -0.4 is 26.8 Å². The van der Waals surface area contributed by atoms with Crippen molar-refractivity contribution >= 4 is 28.0 Å². The Bertz CT molecular complexity index is 1650. The van der Waals surface area contributed by atoms with Crippen molar-refractivity contribution in [1.82, 2.24) is 0 Å². The summed E-state index contributed by atoms with van der Waals surface area (Å²) in [6.07, 6.45) is -1.86. The fraction of sp³-hybridized carbons (Fsp3) is 0.273. The first-order chi connectivity index (χ1) is 23.9. The number of aromatic hydroxyl groups is 1. The summed E-state index contributed by atoms with van der Waals surface area (Å²) in [6.45, 7) is 10.9. The zero-order valence-corrected chi connectivity index (χ0v) is 26.7. The second-order valence-electron chi connectivity index (χ2n) is 11.4. The first-order valence-electron chi connectivity index (χ1n) is 15.2. The van der Waals surface area contributed by atoms with Crippen molar-refractivity contribution in [3.8, 4) is 5.75 Å². The van der Waals surface area contributed by atoms with Crippen LogP contribution in [0.5, 0.6) is 5.75 Å². The van der Waals surface area contributed by atoms with Crippen LogP contribution in [0.4, 0.5) is 65.9 Å². The average Bonchev–Trinajstić information content (AvgIpc) is 3.10. The number of halogens is 15. The molecule has 0 heterocycles. The summed E-state index contributed by atoms with van der Waals surface area (Å²) < 4.78 is 220. The molecule has 2 N–H and O–H groups in total. The molecule has 4 rings (SSSR count). The number of phenolic OH excluding ortho intramolecular Hbond substituents is 1. The van der Waals surface area contributed by atoms with E-state index in [0.717, 1.165) is 0 Å². The molecule has 18 heteroatoms. The van der Waals surface area contributed by atoms with Gasteiger partial charge in [0.05, 0.1) is 19.6 Å². The van der Waals surface area contributed by atoms with Crippen molar-refractivity contribution in [3.63, 3.8) is 0 Å². The van der Waals surface area contributed by atoms with Gasteiger partial charge in [0, 0.05) is 0 Å². The number of rotatable bonds is 10. The van der Waals surface area contributed by atoms with Crippen LogP contribution in [0.25, 0.3) is 0 Å². The first kappa shape index (κ1) is 41.1. The molecule has 4 aromatic carbocycles. The molecule has 2 nitrogen and oxygen atoms in total. The predicted octanol–water partition coefficient (Wildman–Crippen LogP) is 5.96. The van der Waals surface area contributed by atoms with E-state index < -0.39 is 121 Å². The molecule has 0 aromatic heterocycles. The van der Waals surface area contributed by atoms with Gasteiger partial charge in [-0.25, -0.2) is 65.9 Å². The number of hydrogen-bond acceptors (Lipinski definition) is 1. The van der Waals surface area contributed by atoms with E-state index >= 15 is 26.3 Å². The van der Waals surface area contributed by atoms with Crippen molar-refractivity contribution in [1.29, 1.82) is 0 Å². The molecule has 0 aliphatic heterocycles. The molecule has 0 radical (unpaired) electrons. The maximum atomic E-state index is 15.4. The van der Waals surface area contributed by atoms with Gasteiger partial charge < -0.3 is 10.0 Å². The third kappa shape index (κ3) is 7.11. The molecule has 278 valence electrons. The number of nitrogens with one attached hydrogen (secondary N) is 1. The summed E-state index contributed by atoms with van der Waals surface area (Å²) in [6, 6.07) is 1.11. The summed E-state index contributed by atoms with van der Waals surface area (Å²) >= 11 is 0. The maximum absolute atomic E-state index is 15.4. The van der Waals surface area contributed by atoms with Gasteiger partial charge in [0.2, 0.25) is 0 Å². The summed E-state index contributed by atoms with van der Waals surface area (Å²) in [5, 5.41) is 9.59. The van der Waals surface area contributed by atoms with E-state index in [-0.39, 0.29) is 12.1 Å². The molecule has 0 aliphatic carbocycles. The third-order valence-corrected chi connectivity index (χ3v) is 8.23. The molecular weight excluding hydrogens is 722 g/mol. The van der Waals surface area contributed by atoms with Gasteiger partial charge in [0.15, 0.2) is 52.4 Å². The summed E-state index contributed by atoms with van der Waals surface area (Å²) in [5.41, 5.74) is -9.80. The number of phenols is 1. The highest BCUT2D eigenvalue weighted by Crippen LogP contribution is 2.28. The van der Waals surface area contributed by atoms with Crippen molar-refractivity contribution in [2.24, 2.45) is 0 Å². The highest BCUT2D eigenvalue weighted by molar-refractivity contribution is 7.20. The van der Waals surface area contributed by atoms with Gasteiger partial charge >= 0.3 is 0 Å². The Balaban J connectivity index is 0.000000612. The van der Waals surface area contributed by atoms with Crippen molar-refractivity contribution in [3.05, 3.63) is 112 Å². The highest BCUT2D eigenvalue weighted by Gasteiger charge is 2.48. The van der Waals surface area contributed by atoms with E-state index in [9.17, 15) is 44.6 Å². The topological polar surface area (TPSA) is 24.7 Å². The molecule has 0 atom stereocenters. The van der Waals surface area contributed by atoms with Gasteiger partial charge in [0.1, 0.15) is 46.8 Å². The monoisotopic (exact) mass is 749 g/mol. The lowest BCUT2D eigenvalue weighted by Crippen LogP contribution is -3.11. The van der Waals surface area contributed by atoms with Gasteiger partial charge in [-0.2, -0.15) is 5.46 Å². The quantitative estimate of drug-likeness (QED) is 0.0891. The summed E-state index contributed by atoms with van der Waals surface area (Å²) in [7, 11) is 0. The molecule has 51 heavy (non-hydrogen) atoms. The zero-order valence-electron chi connectivity index (χ0n) is 26.7. The Morgan fingerprint density at radius 2 is 0.608 bits per heavy atom. The minimum Gasteiger partial charge on any atom is -0.508 e. The minimum absolute atomic E-state index is 0.184. The summed E-state index contributed by atoms with van der Waals surface area (Å²) in [4.78, 5) is 1.78. The molecule has 0 amide bonds. The van der Waals surface area contributed by atoms with Gasteiger partial charge in [0.25, 0.3) is 0 Å². The van der Waals surface area contributed by atoms with Crippen LogP contribution in [-0.2, 0) is 0 Å². The smallest absolute Gasteiger partial charge is 0.200 e. The van der Waals surface area contributed by atoms with Gasteiger partial charge in [-0.3, -0.25) is 0 Å². The molecule has 0 fully saturated rings. The molecule has 0 bridgehead atoms. The number of benzene rings is 4. The Morgan fingerprint density at radius 3 is 0.824 bits per heavy atom. The Labute approximate surface area is 281 Å². The summed E-state index contributed by atoms with van der Waals surface area (Å²) in [5.74, 6) is -47.1. The molecule has 4 aromatic rings. The normalized spacial score (nSPS) is 11.7. The van der Waals surface area contributed by atoms with E-state index in [0.29, 0.717) is 12.1 Å². The van der Waals surface area contributed by atoms with E-state index in [4.69, 9.17) is 0 Å². The van der Waals surface area contributed by atoms with E-state index in [1.165, 1.54) is 38.9 Å². The standard InChI is InChI=1S/C24H5BF15O.C9H21N/c26-10-7(11(27)17(33)22(38)16(10)32)25(5-1-3-6(41)4-2-5,8-12(28)18(34)23(39)19(35)13(8)29)9-14(30)20(36)24(40)21(37)15(9)31;1-4-7-10(8-5-2)9-6-3/h1-4,41H;4-9H2,1-3H3/q-1;/p+1. The Hall–Kier alpha value is -4.35. The lowest BCUT2D eigenvalue weighted by molar-refractivity contribution is -0.900. The van der Waals surface area contributed by atoms with E-state index in [1.807, 2.05) is 0 Å². The second kappa shape index (κ2) is 16.3. The third-order valence-electron chi connectivity index (χ3n) is 8.23. The van der Waals surface area contributed by atoms with Crippen LogP contribution in [0.1, 0.15) is 40.0 Å². The van der Waals surface area contributed by atoms with Gasteiger partial charge in [-0.1, -0.05) is 32.9 Å². The van der Waals surface area contributed by atoms with Crippen LogP contribution in [0.2, 0.25) is 0 Å². The van der Waals surface area contributed by atoms with Gasteiger partial charge in [-0.05, 0) is 31.4 Å². The molecule has 0 saturated heterocycles. The van der Waals surface area contributed by atoms with E-state index in [2.05, 4.69) is 20.8 Å². The maximum Gasteiger partial charge on any atom is 0.200 e. The van der Waals surface area contributed by atoms with Crippen LogP contribution in [0.3, 0.4) is 0 Å². The van der Waals surface area contributed by atoms with Crippen LogP contribution in [0.15, 0.2) is 24.3 Å². The van der Waals surface area contributed by atoms with Crippen molar-refractivity contribution in [2.75, 3.05) is 19.6 Å². The first-order valence-corrected chi connectivity index (χ1v) is 15.2. The molecule has 0 unspecified atom stereocenters. The fourth-order valence-electron chi connectivity index (χ4n) is 6.14.